The molecule has 1 atom stereocenters. The van der Waals surface area contributed by atoms with Crippen molar-refractivity contribution in [2.45, 2.75) is 19.4 Å². The van der Waals surface area contributed by atoms with Gasteiger partial charge in [-0.15, -0.1) is 0 Å². The maximum atomic E-state index is 10.9. The Labute approximate surface area is 140 Å². The number of carboxylic acid groups (broad SMARTS) is 1. The predicted molar refractivity (Wildman–Crippen MR) is 68.9 cm³/mol. The van der Waals surface area contributed by atoms with Gasteiger partial charge < -0.3 is 15.0 Å². The van der Waals surface area contributed by atoms with Gasteiger partial charge in [0.2, 0.25) is 0 Å². The summed E-state index contributed by atoms with van der Waals surface area (Å²) in [6.07, 6.45) is 1.93. The van der Waals surface area contributed by atoms with Crippen LogP contribution in [0.25, 0.3) is 0 Å². The first kappa shape index (κ1) is 20.9. The molecule has 0 aliphatic heterocycles. The van der Waals surface area contributed by atoms with Crippen LogP contribution < -0.4 is 40.0 Å². The summed E-state index contributed by atoms with van der Waals surface area (Å²) < 4.78 is 0. The summed E-state index contributed by atoms with van der Waals surface area (Å²) in [5.74, 6) is -0.995. The van der Waals surface area contributed by atoms with Crippen molar-refractivity contribution in [3.05, 3.63) is 35.9 Å². The fourth-order valence-corrected chi connectivity index (χ4v) is 1.37. The number of nitriles is 1. The molecule has 0 saturated heterocycles. The number of hydrogen-bond acceptors (Lipinski definition) is 5. The van der Waals surface area contributed by atoms with E-state index in [0.717, 1.165) is 12.7 Å². The molecule has 0 fully saturated rings. The number of benzene rings is 1. The number of aliphatic carboxylic acids is 1. The number of carboxylic acids is 1. The summed E-state index contributed by atoms with van der Waals surface area (Å²) in [6, 6.07) is 8.15. The molecule has 0 spiro atoms. The van der Waals surface area contributed by atoms with E-state index in [2.05, 4.69) is 10.3 Å². The van der Waals surface area contributed by atoms with Crippen molar-refractivity contribution >= 4 is 11.8 Å². The van der Waals surface area contributed by atoms with E-state index in [-0.39, 0.29) is 41.8 Å². The topological polar surface area (TPSA) is 109 Å². The molecule has 6 nitrogen and oxygen atoms in total. The minimum Gasteiger partial charge on any atom is -0.548 e. The Bertz CT molecular complexity index is 458. The maximum absolute atomic E-state index is 10.9. The van der Waals surface area contributed by atoms with Crippen molar-refractivity contribution < 1.29 is 44.6 Å². The Hall–Kier alpha value is -1.39. The van der Waals surface area contributed by atoms with Crippen molar-refractivity contribution in [3.63, 3.8) is 0 Å². The number of aliphatic imine (C=N–C) groups is 1. The fourth-order valence-electron chi connectivity index (χ4n) is 1.37. The van der Waals surface area contributed by atoms with Crippen LogP contribution in [-0.4, -0.2) is 30.1 Å². The van der Waals surface area contributed by atoms with Crippen LogP contribution in [0.4, 0.5) is 0 Å². The van der Waals surface area contributed by atoms with E-state index in [4.69, 9.17) is 10.4 Å². The third-order valence-electron chi connectivity index (χ3n) is 2.13. The second kappa shape index (κ2) is 12.6. The number of carbonyl (C=O) groups is 1. The number of aliphatic hydroxyl groups is 1. The molecule has 102 valence electrons. The largest absolute Gasteiger partial charge is 1.00 e. The molecule has 0 unspecified atom stereocenters. The van der Waals surface area contributed by atoms with Gasteiger partial charge in [-0.05, 0) is 12.5 Å². The molecule has 2 N–H and O–H groups in total. The summed E-state index contributed by atoms with van der Waals surface area (Å²) >= 11 is 0. The zero-order chi connectivity index (χ0) is 14.7. The Balaban J connectivity index is 0. The van der Waals surface area contributed by atoms with Crippen molar-refractivity contribution in [1.82, 2.24) is 5.32 Å². The fraction of sp³-hybridized carbons (Fsp3) is 0.308. The van der Waals surface area contributed by atoms with Crippen molar-refractivity contribution in [3.8, 4) is 6.19 Å². The number of rotatable bonds is 4. The van der Waals surface area contributed by atoms with E-state index in [0.29, 0.717) is 0 Å². The number of nitrogens with one attached hydrogen (secondary N) is 1. The minimum atomic E-state index is -1.26. The minimum absolute atomic E-state index is 0. The van der Waals surface area contributed by atoms with E-state index in [1.54, 1.807) is 6.19 Å². The van der Waals surface area contributed by atoms with Gasteiger partial charge in [-0.2, -0.15) is 5.26 Å². The molecule has 1 aromatic carbocycles. The summed E-state index contributed by atoms with van der Waals surface area (Å²) in [4.78, 5) is 14.8. The van der Waals surface area contributed by atoms with Crippen LogP contribution in [0.2, 0.25) is 0 Å². The number of amidine groups is 1. The molecule has 1 aromatic rings. The van der Waals surface area contributed by atoms with Crippen LogP contribution in [0.1, 0.15) is 12.5 Å². The Morgan fingerprint density at radius 1 is 1.45 bits per heavy atom. The van der Waals surface area contributed by atoms with Crippen molar-refractivity contribution in [1.29, 1.82) is 5.26 Å². The van der Waals surface area contributed by atoms with Gasteiger partial charge in [0.15, 0.2) is 6.19 Å². The molecule has 0 amide bonds. The molecule has 0 aliphatic rings. The molecule has 0 aromatic heterocycles. The first-order valence-corrected chi connectivity index (χ1v) is 5.52. The Kier molecular flexibility index (Phi) is 13.2. The molecule has 0 radical (unpaired) electrons. The summed E-state index contributed by atoms with van der Waals surface area (Å²) in [6.45, 7) is 1.53. The molecule has 0 heterocycles. The van der Waals surface area contributed by atoms with Gasteiger partial charge in [-0.25, -0.2) is 0 Å². The van der Waals surface area contributed by atoms with Gasteiger partial charge in [-0.1, -0.05) is 30.3 Å². The number of hydrogen-bond donors (Lipinski definition) is 2. The van der Waals surface area contributed by atoms with Crippen LogP contribution in [0.5, 0.6) is 0 Å². The smallest absolute Gasteiger partial charge is 0.548 e. The molecule has 0 aliphatic carbocycles. The van der Waals surface area contributed by atoms with E-state index in [1.165, 1.54) is 6.92 Å². The van der Waals surface area contributed by atoms with Crippen LogP contribution in [0.3, 0.4) is 0 Å². The standard InChI is InChI=1S/C12H13N3O2.CH4O.Na/c1-9(14-8-13)15-11(12(16)17)7-10-5-3-2-4-6-10;1-2;/h2-6,11H,7H2,1H3,(H,14,15)(H,16,17);2H,1H3;/q;;+1/p-1/t11-;;/m0../s1. The van der Waals surface area contributed by atoms with E-state index in [1.807, 2.05) is 30.3 Å². The zero-order valence-electron chi connectivity index (χ0n) is 11.8. The molecule has 0 saturated carbocycles. The van der Waals surface area contributed by atoms with E-state index < -0.39 is 12.0 Å². The van der Waals surface area contributed by atoms with Gasteiger partial charge in [0.05, 0.1) is 12.0 Å². The van der Waals surface area contributed by atoms with E-state index >= 15 is 0 Å². The van der Waals surface area contributed by atoms with Gasteiger partial charge in [0, 0.05) is 13.5 Å². The van der Waals surface area contributed by atoms with Crippen LogP contribution in [0.15, 0.2) is 35.3 Å². The summed E-state index contributed by atoms with van der Waals surface area (Å²) in [5.41, 5.74) is 0.857. The third kappa shape index (κ3) is 8.67. The molecular formula is C13H16N3NaO3. The molecule has 0 bridgehead atoms. The zero-order valence-corrected chi connectivity index (χ0v) is 13.8. The van der Waals surface area contributed by atoms with Crippen LogP contribution >= 0.6 is 0 Å². The van der Waals surface area contributed by atoms with Crippen LogP contribution in [0, 0.1) is 11.5 Å². The number of aliphatic hydroxyl groups excluding tert-OH is 1. The molecular weight excluding hydrogens is 269 g/mol. The maximum Gasteiger partial charge on any atom is 1.00 e. The predicted octanol–water partition coefficient (Wildman–Crippen LogP) is -3.55. The summed E-state index contributed by atoms with van der Waals surface area (Å²) in [5, 5.41) is 28.6. The molecule has 7 heteroatoms. The normalized spacial score (nSPS) is 11.0. The number of carbonyl (C=O) groups excluding carboxylic acids is 1. The Morgan fingerprint density at radius 3 is 2.45 bits per heavy atom. The van der Waals surface area contributed by atoms with Gasteiger partial charge in [0.1, 0.15) is 5.84 Å². The second-order valence-corrected chi connectivity index (χ2v) is 3.48. The van der Waals surface area contributed by atoms with Crippen molar-refractivity contribution in [2.75, 3.05) is 7.11 Å². The third-order valence-corrected chi connectivity index (χ3v) is 2.13. The van der Waals surface area contributed by atoms with Crippen molar-refractivity contribution in [2.24, 2.45) is 4.99 Å². The average Bonchev–Trinajstić information content (AvgIpc) is 2.41. The molecule has 1 rings (SSSR count). The first-order chi connectivity index (χ1) is 9.13. The van der Waals surface area contributed by atoms with E-state index in [9.17, 15) is 9.90 Å². The molecule has 20 heavy (non-hydrogen) atoms. The average molecular weight is 285 g/mol. The monoisotopic (exact) mass is 285 g/mol. The van der Waals surface area contributed by atoms with Gasteiger partial charge in [0.25, 0.3) is 0 Å². The Morgan fingerprint density at radius 2 is 2.00 bits per heavy atom. The first-order valence-electron chi connectivity index (χ1n) is 5.52. The number of nitrogens with zero attached hydrogens (tertiary/aromatic N) is 2. The van der Waals surface area contributed by atoms with Gasteiger partial charge in [-0.3, -0.25) is 10.3 Å². The quantitative estimate of drug-likeness (QED) is 0.196. The summed E-state index contributed by atoms with van der Waals surface area (Å²) in [7, 11) is 1.00. The van der Waals surface area contributed by atoms with Crippen LogP contribution in [-0.2, 0) is 11.2 Å². The SMILES string of the molecule is CC(=N[C@@H](Cc1ccccc1)C(=O)[O-])NC#N.CO.[Na+]. The van der Waals surface area contributed by atoms with Gasteiger partial charge >= 0.3 is 29.6 Å². The second-order valence-electron chi connectivity index (χ2n) is 3.48.